The summed E-state index contributed by atoms with van der Waals surface area (Å²) in [6.45, 7) is -0.113. The van der Waals surface area contributed by atoms with Gasteiger partial charge in [-0.15, -0.1) is 0 Å². The number of amides is 1. The van der Waals surface area contributed by atoms with E-state index < -0.39 is 0 Å². The predicted molar refractivity (Wildman–Crippen MR) is 108 cm³/mol. The number of hydrogen-bond donors (Lipinski definition) is 1. The maximum atomic E-state index is 11.9. The second-order valence-electron chi connectivity index (χ2n) is 5.54. The second kappa shape index (κ2) is 9.05. The highest BCUT2D eigenvalue weighted by atomic mass is 79.9. The molecule has 0 radical (unpaired) electrons. The first kappa shape index (κ1) is 18.7. The fourth-order valence-electron chi connectivity index (χ4n) is 2.36. The van der Waals surface area contributed by atoms with Gasteiger partial charge in [0.2, 0.25) is 0 Å². The molecule has 0 atom stereocenters. The molecular formula is C20H18BrN3O3. The molecule has 7 heteroatoms. The Bertz CT molecular complexity index is 918. The van der Waals surface area contributed by atoms with Crippen LogP contribution in [0.4, 0.5) is 0 Å². The summed E-state index contributed by atoms with van der Waals surface area (Å²) in [6.07, 6.45) is 3.50. The van der Waals surface area contributed by atoms with E-state index in [1.165, 1.54) is 0 Å². The molecule has 3 rings (SSSR count). The zero-order chi connectivity index (χ0) is 19.1. The highest BCUT2D eigenvalue weighted by Gasteiger charge is 2.04. The Kier molecular flexibility index (Phi) is 6.27. The molecule has 0 saturated carbocycles. The number of carbonyl (C=O) groups is 1. The van der Waals surface area contributed by atoms with Crippen molar-refractivity contribution in [1.29, 1.82) is 0 Å². The van der Waals surface area contributed by atoms with Crippen molar-refractivity contribution in [2.45, 2.75) is 0 Å². The van der Waals surface area contributed by atoms with Crippen LogP contribution in [0.5, 0.6) is 11.5 Å². The summed E-state index contributed by atoms with van der Waals surface area (Å²) in [5.74, 6) is 1.07. The van der Waals surface area contributed by atoms with Crippen LogP contribution in [0, 0.1) is 0 Å². The van der Waals surface area contributed by atoms with Crippen molar-refractivity contribution < 1.29 is 14.3 Å². The van der Waals surface area contributed by atoms with E-state index in [1.807, 2.05) is 59.3 Å². The van der Waals surface area contributed by atoms with Gasteiger partial charge in [0.15, 0.2) is 6.61 Å². The fourth-order valence-corrected chi connectivity index (χ4v) is 2.62. The maximum absolute atomic E-state index is 11.9. The minimum atomic E-state index is -0.336. The van der Waals surface area contributed by atoms with E-state index in [1.54, 1.807) is 25.5 Å². The standard InChI is InChI=1S/C20H18BrN3O3/c1-26-18-10-6-16(7-11-18)24-12-2-3-17(24)13-22-23-20(25)14-27-19-8-4-15(21)5-9-19/h2-13H,14H2,1H3,(H,23,25)/b22-13-. The summed E-state index contributed by atoms with van der Waals surface area (Å²) in [4.78, 5) is 11.9. The van der Waals surface area contributed by atoms with Gasteiger partial charge in [0, 0.05) is 16.4 Å². The molecule has 0 aliphatic heterocycles. The van der Waals surface area contributed by atoms with Crippen molar-refractivity contribution in [2.24, 2.45) is 5.10 Å². The van der Waals surface area contributed by atoms with Gasteiger partial charge in [-0.25, -0.2) is 5.43 Å². The smallest absolute Gasteiger partial charge is 0.277 e. The van der Waals surface area contributed by atoms with Gasteiger partial charge in [0.05, 0.1) is 19.0 Å². The van der Waals surface area contributed by atoms with E-state index in [0.717, 1.165) is 21.6 Å². The Morgan fingerprint density at radius 2 is 1.81 bits per heavy atom. The Morgan fingerprint density at radius 3 is 2.52 bits per heavy atom. The summed E-state index contributed by atoms with van der Waals surface area (Å²) in [5, 5.41) is 4.00. The molecule has 0 unspecified atom stereocenters. The number of halogens is 1. The lowest BCUT2D eigenvalue weighted by molar-refractivity contribution is -0.123. The highest BCUT2D eigenvalue weighted by Crippen LogP contribution is 2.17. The monoisotopic (exact) mass is 427 g/mol. The van der Waals surface area contributed by atoms with Crippen molar-refractivity contribution in [3.05, 3.63) is 77.0 Å². The van der Waals surface area contributed by atoms with Gasteiger partial charge in [-0.1, -0.05) is 15.9 Å². The van der Waals surface area contributed by atoms with Crippen molar-refractivity contribution in [1.82, 2.24) is 9.99 Å². The molecular weight excluding hydrogens is 410 g/mol. The molecule has 1 heterocycles. The molecule has 0 bridgehead atoms. The molecule has 0 aliphatic rings. The van der Waals surface area contributed by atoms with Crippen LogP contribution in [0.1, 0.15) is 5.69 Å². The Balaban J connectivity index is 1.56. The normalized spacial score (nSPS) is 10.7. The molecule has 3 aromatic rings. The fraction of sp³-hybridized carbons (Fsp3) is 0.100. The van der Waals surface area contributed by atoms with E-state index in [-0.39, 0.29) is 12.5 Å². The number of nitrogens with one attached hydrogen (secondary N) is 1. The van der Waals surface area contributed by atoms with Gasteiger partial charge in [-0.05, 0) is 60.7 Å². The Labute approximate surface area is 165 Å². The van der Waals surface area contributed by atoms with Crippen LogP contribution in [-0.4, -0.2) is 30.4 Å². The van der Waals surface area contributed by atoms with Crippen LogP contribution < -0.4 is 14.9 Å². The summed E-state index contributed by atoms with van der Waals surface area (Å²) >= 11 is 3.35. The van der Waals surface area contributed by atoms with Crippen LogP contribution in [0.3, 0.4) is 0 Å². The minimum Gasteiger partial charge on any atom is -0.497 e. The lowest BCUT2D eigenvalue weighted by Crippen LogP contribution is -2.24. The van der Waals surface area contributed by atoms with Crippen molar-refractivity contribution in [3.8, 4) is 17.2 Å². The third-order valence-corrected chi connectivity index (χ3v) is 4.23. The van der Waals surface area contributed by atoms with E-state index in [4.69, 9.17) is 9.47 Å². The van der Waals surface area contributed by atoms with Gasteiger partial charge in [-0.3, -0.25) is 4.79 Å². The summed E-state index contributed by atoms with van der Waals surface area (Å²) in [5.41, 5.74) is 4.26. The molecule has 0 saturated heterocycles. The maximum Gasteiger partial charge on any atom is 0.277 e. The molecule has 1 amide bonds. The third kappa shape index (κ3) is 5.21. The molecule has 1 aromatic heterocycles. The van der Waals surface area contributed by atoms with Crippen LogP contribution in [0.2, 0.25) is 0 Å². The Hall–Kier alpha value is -3.06. The molecule has 2 aromatic carbocycles. The molecule has 1 N–H and O–H groups in total. The molecule has 138 valence electrons. The third-order valence-electron chi connectivity index (χ3n) is 3.70. The first-order valence-electron chi connectivity index (χ1n) is 8.18. The predicted octanol–water partition coefficient (Wildman–Crippen LogP) is 3.78. The summed E-state index contributed by atoms with van der Waals surface area (Å²) in [6, 6.07) is 18.7. The zero-order valence-corrected chi connectivity index (χ0v) is 16.2. The first-order valence-corrected chi connectivity index (χ1v) is 8.97. The quantitative estimate of drug-likeness (QED) is 0.460. The second-order valence-corrected chi connectivity index (χ2v) is 6.45. The van der Waals surface area contributed by atoms with Gasteiger partial charge >= 0.3 is 0 Å². The van der Waals surface area contributed by atoms with Gasteiger partial charge < -0.3 is 14.0 Å². The Morgan fingerprint density at radius 1 is 1.11 bits per heavy atom. The lowest BCUT2D eigenvalue weighted by atomic mass is 10.3. The van der Waals surface area contributed by atoms with Crippen LogP contribution >= 0.6 is 15.9 Å². The number of aromatic nitrogens is 1. The molecule has 6 nitrogen and oxygen atoms in total. The molecule has 0 spiro atoms. The molecule has 27 heavy (non-hydrogen) atoms. The lowest BCUT2D eigenvalue weighted by Gasteiger charge is -2.07. The van der Waals surface area contributed by atoms with Crippen LogP contribution in [0.15, 0.2) is 76.4 Å². The first-order chi connectivity index (χ1) is 13.2. The zero-order valence-electron chi connectivity index (χ0n) is 14.6. The SMILES string of the molecule is COc1ccc(-n2cccc2/C=N\NC(=O)COc2ccc(Br)cc2)cc1. The van der Waals surface area contributed by atoms with E-state index in [9.17, 15) is 4.79 Å². The number of benzene rings is 2. The number of hydrazone groups is 1. The number of carbonyl (C=O) groups excluding carboxylic acids is 1. The van der Waals surface area contributed by atoms with Gasteiger partial charge in [-0.2, -0.15) is 5.10 Å². The molecule has 0 aliphatic carbocycles. The average Bonchev–Trinajstić information content (AvgIpc) is 3.16. The van der Waals surface area contributed by atoms with Gasteiger partial charge in [0.1, 0.15) is 11.5 Å². The van der Waals surface area contributed by atoms with Crippen molar-refractivity contribution in [3.63, 3.8) is 0 Å². The summed E-state index contributed by atoms with van der Waals surface area (Å²) in [7, 11) is 1.63. The number of rotatable bonds is 7. The largest absolute Gasteiger partial charge is 0.497 e. The van der Waals surface area contributed by atoms with Crippen molar-refractivity contribution >= 4 is 28.1 Å². The van der Waals surface area contributed by atoms with Crippen LogP contribution in [-0.2, 0) is 4.79 Å². The topological polar surface area (TPSA) is 64.8 Å². The number of methoxy groups -OCH3 is 1. The average molecular weight is 428 g/mol. The summed E-state index contributed by atoms with van der Waals surface area (Å²) < 4.78 is 13.5. The minimum absolute atomic E-state index is 0.113. The number of ether oxygens (including phenoxy) is 2. The number of hydrogen-bond acceptors (Lipinski definition) is 4. The number of nitrogens with zero attached hydrogens (tertiary/aromatic N) is 2. The van der Waals surface area contributed by atoms with E-state index in [2.05, 4.69) is 26.5 Å². The highest BCUT2D eigenvalue weighted by molar-refractivity contribution is 9.10. The van der Waals surface area contributed by atoms with Gasteiger partial charge in [0.25, 0.3) is 5.91 Å². The van der Waals surface area contributed by atoms with E-state index >= 15 is 0 Å². The van der Waals surface area contributed by atoms with E-state index in [0.29, 0.717) is 5.75 Å². The molecule has 0 fully saturated rings. The van der Waals surface area contributed by atoms with Crippen molar-refractivity contribution in [2.75, 3.05) is 13.7 Å². The van der Waals surface area contributed by atoms with Crippen LogP contribution in [0.25, 0.3) is 5.69 Å².